The van der Waals surface area contributed by atoms with Crippen molar-refractivity contribution in [1.29, 1.82) is 0 Å². The molecule has 2 aliphatic rings. The maximum Gasteiger partial charge on any atom is 0.327 e. The number of carbonyl (C=O) groups excluding carboxylic acids is 1. The Labute approximate surface area is 130 Å². The van der Waals surface area contributed by atoms with Crippen LogP contribution in [-0.2, 0) is 4.79 Å². The Morgan fingerprint density at radius 3 is 2.62 bits per heavy atom. The quantitative estimate of drug-likeness (QED) is 0.840. The van der Waals surface area contributed by atoms with E-state index in [0.29, 0.717) is 11.7 Å². The number of aliphatic carboxylic acids is 1. The van der Waals surface area contributed by atoms with Gasteiger partial charge in [-0.2, -0.15) is 0 Å². The van der Waals surface area contributed by atoms with E-state index in [4.69, 9.17) is 0 Å². The van der Waals surface area contributed by atoms with Crippen LogP contribution >= 0.6 is 11.8 Å². The van der Waals surface area contributed by atoms with Crippen molar-refractivity contribution in [2.75, 3.05) is 5.75 Å². The Morgan fingerprint density at radius 2 is 2.05 bits per heavy atom. The molecule has 0 aromatic heterocycles. The first kappa shape index (κ1) is 16.5. The zero-order valence-electron chi connectivity index (χ0n) is 13.0. The fourth-order valence-electron chi connectivity index (χ4n) is 3.30. The minimum atomic E-state index is -0.905. The van der Waals surface area contributed by atoms with Gasteiger partial charge in [0.15, 0.2) is 0 Å². The van der Waals surface area contributed by atoms with E-state index in [1.807, 2.05) is 13.8 Å². The van der Waals surface area contributed by atoms with Crippen LogP contribution in [0, 0.1) is 11.8 Å². The maximum absolute atomic E-state index is 12.6. The van der Waals surface area contributed by atoms with Crippen LogP contribution < -0.4 is 5.32 Å². The van der Waals surface area contributed by atoms with E-state index in [1.165, 1.54) is 6.42 Å². The van der Waals surface area contributed by atoms with E-state index < -0.39 is 12.0 Å². The van der Waals surface area contributed by atoms with Crippen molar-refractivity contribution in [3.8, 4) is 0 Å². The molecule has 0 spiro atoms. The number of rotatable bonds is 3. The molecular weight excluding hydrogens is 288 g/mol. The van der Waals surface area contributed by atoms with Crippen LogP contribution in [0.25, 0.3) is 0 Å². The van der Waals surface area contributed by atoms with Crippen molar-refractivity contribution in [3.63, 3.8) is 0 Å². The van der Waals surface area contributed by atoms with Crippen LogP contribution in [0.15, 0.2) is 0 Å². The summed E-state index contributed by atoms with van der Waals surface area (Å²) in [6.07, 6.45) is 4.35. The van der Waals surface area contributed by atoms with Gasteiger partial charge < -0.3 is 10.4 Å². The number of hydrogen-bond acceptors (Lipinski definition) is 3. The van der Waals surface area contributed by atoms with Gasteiger partial charge in [0.1, 0.15) is 6.04 Å². The molecule has 2 rings (SSSR count). The third kappa shape index (κ3) is 3.84. The van der Waals surface area contributed by atoms with Gasteiger partial charge in [-0.1, -0.05) is 33.6 Å². The standard InChI is InChI=1S/C15H26N2O3S/c1-9(2)13-17(12(8-21-13)14(18)19)15(20)16-11-6-4-5-10(3)7-11/h9-13H,4-8H2,1-3H3,(H,16,20)(H,18,19). The summed E-state index contributed by atoms with van der Waals surface area (Å²) in [5.74, 6) is 0.452. The molecule has 1 saturated heterocycles. The zero-order chi connectivity index (χ0) is 15.6. The average Bonchev–Trinajstić information content (AvgIpc) is 2.83. The minimum Gasteiger partial charge on any atom is -0.480 e. The molecule has 4 atom stereocenters. The molecule has 0 aromatic rings. The maximum atomic E-state index is 12.6. The van der Waals surface area contributed by atoms with Crippen molar-refractivity contribution < 1.29 is 14.7 Å². The highest BCUT2D eigenvalue weighted by Gasteiger charge is 2.43. The lowest BCUT2D eigenvalue weighted by molar-refractivity contribution is -0.141. The second kappa shape index (κ2) is 6.90. The van der Waals surface area contributed by atoms with Gasteiger partial charge >= 0.3 is 12.0 Å². The minimum absolute atomic E-state index is 0.0490. The molecule has 2 fully saturated rings. The Morgan fingerprint density at radius 1 is 1.33 bits per heavy atom. The molecule has 0 bridgehead atoms. The van der Waals surface area contributed by atoms with Gasteiger partial charge in [0.2, 0.25) is 0 Å². The first-order valence-corrected chi connectivity index (χ1v) is 8.88. The molecule has 120 valence electrons. The van der Waals surface area contributed by atoms with Crippen LogP contribution in [0.5, 0.6) is 0 Å². The number of carboxylic acid groups (broad SMARTS) is 1. The monoisotopic (exact) mass is 314 g/mol. The second-order valence-electron chi connectivity index (χ2n) is 6.65. The lowest BCUT2D eigenvalue weighted by atomic mass is 9.87. The molecule has 21 heavy (non-hydrogen) atoms. The summed E-state index contributed by atoms with van der Waals surface area (Å²) in [6.45, 7) is 6.27. The number of thioether (sulfide) groups is 1. The number of amides is 2. The Hall–Kier alpha value is -0.910. The van der Waals surface area contributed by atoms with Crippen molar-refractivity contribution in [2.45, 2.75) is 63.9 Å². The molecule has 5 nitrogen and oxygen atoms in total. The highest BCUT2D eigenvalue weighted by atomic mass is 32.2. The van der Waals surface area contributed by atoms with E-state index in [-0.39, 0.29) is 23.4 Å². The third-order valence-electron chi connectivity index (χ3n) is 4.39. The van der Waals surface area contributed by atoms with Crippen molar-refractivity contribution in [2.24, 2.45) is 11.8 Å². The molecule has 0 radical (unpaired) electrons. The van der Waals surface area contributed by atoms with Crippen LogP contribution in [0.3, 0.4) is 0 Å². The van der Waals surface area contributed by atoms with E-state index in [2.05, 4.69) is 12.2 Å². The average molecular weight is 314 g/mol. The lowest BCUT2D eigenvalue weighted by Gasteiger charge is -2.33. The van der Waals surface area contributed by atoms with E-state index >= 15 is 0 Å². The molecule has 2 amide bonds. The number of nitrogens with one attached hydrogen (secondary N) is 1. The molecule has 2 N–H and O–H groups in total. The predicted molar refractivity (Wildman–Crippen MR) is 84.3 cm³/mol. The fourth-order valence-corrected chi connectivity index (χ4v) is 4.77. The number of nitrogens with zero attached hydrogens (tertiary/aromatic N) is 1. The summed E-state index contributed by atoms with van der Waals surface area (Å²) in [5.41, 5.74) is 0. The zero-order valence-corrected chi connectivity index (χ0v) is 13.9. The van der Waals surface area contributed by atoms with Gasteiger partial charge in [0.05, 0.1) is 5.37 Å². The summed E-state index contributed by atoms with van der Waals surface area (Å²) < 4.78 is 0. The summed E-state index contributed by atoms with van der Waals surface area (Å²) in [6, 6.07) is -0.720. The Balaban J connectivity index is 2.04. The van der Waals surface area contributed by atoms with Crippen LogP contribution in [0.1, 0.15) is 46.5 Å². The van der Waals surface area contributed by atoms with Gasteiger partial charge in [-0.15, -0.1) is 11.8 Å². The predicted octanol–water partition coefficient (Wildman–Crippen LogP) is 2.76. The first-order chi connectivity index (χ1) is 9.90. The topological polar surface area (TPSA) is 69.6 Å². The van der Waals surface area contributed by atoms with Crippen molar-refractivity contribution >= 4 is 23.8 Å². The highest BCUT2D eigenvalue weighted by molar-refractivity contribution is 8.00. The lowest BCUT2D eigenvalue weighted by Crippen LogP contribution is -2.54. The largest absolute Gasteiger partial charge is 0.480 e. The number of carbonyl (C=O) groups is 2. The number of urea groups is 1. The second-order valence-corrected chi connectivity index (χ2v) is 7.80. The van der Waals surface area contributed by atoms with E-state index in [9.17, 15) is 14.7 Å². The van der Waals surface area contributed by atoms with Gasteiger partial charge in [0, 0.05) is 11.8 Å². The SMILES string of the molecule is CC1CCCC(NC(=O)N2C(C(=O)O)CSC2C(C)C)C1. The molecule has 0 aromatic carbocycles. The molecule has 1 aliphatic carbocycles. The molecule has 1 aliphatic heterocycles. The Bertz CT molecular complexity index is 402. The van der Waals surface area contributed by atoms with Crippen LogP contribution in [0.2, 0.25) is 0 Å². The first-order valence-electron chi connectivity index (χ1n) is 7.83. The summed E-state index contributed by atoms with van der Waals surface area (Å²) in [4.78, 5) is 25.5. The molecule has 6 heteroatoms. The molecule has 1 saturated carbocycles. The summed E-state index contributed by atoms with van der Waals surface area (Å²) >= 11 is 1.57. The Kier molecular flexibility index (Phi) is 5.41. The molecular formula is C15H26N2O3S. The fraction of sp³-hybridized carbons (Fsp3) is 0.867. The number of hydrogen-bond donors (Lipinski definition) is 2. The van der Waals surface area contributed by atoms with Crippen molar-refractivity contribution in [1.82, 2.24) is 10.2 Å². The summed E-state index contributed by atoms with van der Waals surface area (Å²) in [5, 5.41) is 12.4. The summed E-state index contributed by atoms with van der Waals surface area (Å²) in [7, 11) is 0. The van der Waals surface area contributed by atoms with Gasteiger partial charge in [-0.25, -0.2) is 9.59 Å². The highest BCUT2D eigenvalue weighted by Crippen LogP contribution is 2.34. The number of carboxylic acids is 1. The third-order valence-corrected chi connectivity index (χ3v) is 6.01. The van der Waals surface area contributed by atoms with Gasteiger partial charge in [-0.3, -0.25) is 4.90 Å². The van der Waals surface area contributed by atoms with Crippen LogP contribution in [-0.4, -0.2) is 45.2 Å². The molecule has 4 unspecified atom stereocenters. The van der Waals surface area contributed by atoms with E-state index in [0.717, 1.165) is 19.3 Å². The van der Waals surface area contributed by atoms with Gasteiger partial charge in [-0.05, 0) is 24.7 Å². The normalized spacial score (nSPS) is 33.2. The molecule has 1 heterocycles. The van der Waals surface area contributed by atoms with Gasteiger partial charge in [0.25, 0.3) is 0 Å². The van der Waals surface area contributed by atoms with Crippen molar-refractivity contribution in [3.05, 3.63) is 0 Å². The smallest absolute Gasteiger partial charge is 0.327 e. The van der Waals surface area contributed by atoms with Crippen LogP contribution in [0.4, 0.5) is 4.79 Å². The van der Waals surface area contributed by atoms with E-state index in [1.54, 1.807) is 16.7 Å².